The number of hydrogen-bond acceptors (Lipinski definition) is 4. The second-order valence-electron chi connectivity index (χ2n) is 10.9. The molecule has 3 heterocycles. The summed E-state index contributed by atoms with van der Waals surface area (Å²) in [6, 6.07) is 42.1. The number of para-hydroxylation sites is 2. The molecule has 2 N–H and O–H groups in total. The third-order valence-corrected chi connectivity index (χ3v) is 8.55. The highest BCUT2D eigenvalue weighted by molar-refractivity contribution is 6.08. The van der Waals surface area contributed by atoms with Gasteiger partial charge in [-0.05, 0) is 48.7 Å². The lowest BCUT2D eigenvalue weighted by Gasteiger charge is -2.33. The highest BCUT2D eigenvalue weighted by atomic mass is 16.5. The molecule has 8 rings (SSSR count). The van der Waals surface area contributed by atoms with Crippen LogP contribution in [0.4, 0.5) is 0 Å². The van der Waals surface area contributed by atoms with E-state index < -0.39 is 0 Å². The molecule has 0 aliphatic carbocycles. The smallest absolute Gasteiger partial charge is 0.184 e. The quantitative estimate of drug-likeness (QED) is 0.234. The van der Waals surface area contributed by atoms with Gasteiger partial charge in [0.15, 0.2) is 6.29 Å². The van der Waals surface area contributed by atoms with Crippen LogP contribution in [0.15, 0.2) is 126 Å². The number of ether oxygens (including phenoxy) is 1. The van der Waals surface area contributed by atoms with E-state index in [1.807, 2.05) is 24.3 Å². The van der Waals surface area contributed by atoms with Crippen molar-refractivity contribution in [2.45, 2.75) is 26.3 Å². The number of aryl methyl sites for hydroxylation is 1. The summed E-state index contributed by atoms with van der Waals surface area (Å²) < 4.78 is 8.86. The summed E-state index contributed by atoms with van der Waals surface area (Å²) in [6.45, 7) is 4.43. The van der Waals surface area contributed by atoms with Crippen LogP contribution in [0.25, 0.3) is 33.2 Å². The van der Waals surface area contributed by atoms with Crippen molar-refractivity contribution in [1.29, 1.82) is 0 Å². The van der Waals surface area contributed by atoms with Crippen molar-refractivity contribution < 1.29 is 4.74 Å². The first kappa shape index (κ1) is 24.6. The Hall–Kier alpha value is -5.13. The van der Waals surface area contributed by atoms with Gasteiger partial charge in [-0.1, -0.05) is 103 Å². The largest absolute Gasteiger partial charge is 0.456 e. The number of amidine groups is 1. The number of fused-ring (bicyclic) bond motifs is 7. The Morgan fingerprint density at radius 1 is 0.667 bits per heavy atom. The molecule has 0 amide bonds. The van der Waals surface area contributed by atoms with Crippen molar-refractivity contribution in [1.82, 2.24) is 15.2 Å². The molecule has 2 aliphatic heterocycles. The molecule has 0 saturated carbocycles. The Morgan fingerprint density at radius 2 is 1.31 bits per heavy atom. The molecule has 5 heteroatoms. The Bertz CT molecular complexity index is 1990. The standard InChI is InChI=1S/C37H30N4O/c1-23-24(2)41(37-39-35(25-13-5-3-6-14-25)38-36(40-37)26-15-7-4-8-16-26)30-22-21-28-27-17-9-11-19-31(27)42-32-20-12-10-18-29(32)34(28)33(23)30/h3-22,35,37,39H,1-2H3,(H,38,40). The molecule has 2 unspecified atom stereocenters. The minimum atomic E-state index is -0.314. The lowest BCUT2D eigenvalue weighted by atomic mass is 9.90. The number of nitrogens with zero attached hydrogens (tertiary/aromatic N) is 2. The summed E-state index contributed by atoms with van der Waals surface area (Å²) in [5, 5.41) is 8.68. The van der Waals surface area contributed by atoms with Crippen LogP contribution in [0.3, 0.4) is 0 Å². The van der Waals surface area contributed by atoms with Gasteiger partial charge in [-0.25, -0.2) is 4.99 Å². The van der Waals surface area contributed by atoms with E-state index in [2.05, 4.69) is 126 Å². The number of benzene rings is 5. The fraction of sp³-hybridized carbons (Fsp3) is 0.108. The highest BCUT2D eigenvalue weighted by Gasteiger charge is 2.30. The van der Waals surface area contributed by atoms with Crippen LogP contribution in [0, 0.1) is 13.8 Å². The lowest BCUT2D eigenvalue weighted by Crippen LogP contribution is -2.46. The fourth-order valence-electron chi connectivity index (χ4n) is 6.43. The lowest BCUT2D eigenvalue weighted by molar-refractivity contribution is 0.332. The van der Waals surface area contributed by atoms with E-state index >= 15 is 0 Å². The van der Waals surface area contributed by atoms with Gasteiger partial charge in [0.05, 0.1) is 5.52 Å². The third-order valence-electron chi connectivity index (χ3n) is 8.55. The van der Waals surface area contributed by atoms with E-state index in [1.54, 1.807) is 0 Å². The van der Waals surface area contributed by atoms with E-state index in [4.69, 9.17) is 9.73 Å². The maximum absolute atomic E-state index is 6.50. The SMILES string of the molecule is Cc1c(C)n(C2N=C(c3ccccc3)NC(c3ccccc3)N2)c2ccc3c(c12)-c1ccccc1Oc1ccccc1-3. The maximum Gasteiger partial charge on any atom is 0.184 e. The minimum Gasteiger partial charge on any atom is -0.456 e. The Balaban J connectivity index is 1.37. The molecule has 6 aromatic rings. The predicted octanol–water partition coefficient (Wildman–Crippen LogP) is 8.49. The maximum atomic E-state index is 6.50. The summed E-state index contributed by atoms with van der Waals surface area (Å²) in [5.41, 5.74) is 10.4. The first-order chi connectivity index (χ1) is 20.7. The molecule has 1 aromatic heterocycles. The van der Waals surface area contributed by atoms with Crippen LogP contribution >= 0.6 is 0 Å². The molecule has 2 atom stereocenters. The molecule has 42 heavy (non-hydrogen) atoms. The van der Waals surface area contributed by atoms with Crippen LogP contribution in [0.2, 0.25) is 0 Å². The molecule has 2 aliphatic rings. The zero-order chi connectivity index (χ0) is 28.2. The topological polar surface area (TPSA) is 50.6 Å². The van der Waals surface area contributed by atoms with E-state index in [1.165, 1.54) is 27.8 Å². The predicted molar refractivity (Wildman–Crippen MR) is 170 cm³/mol. The van der Waals surface area contributed by atoms with Crippen LogP contribution in [-0.4, -0.2) is 10.4 Å². The first-order valence-electron chi connectivity index (χ1n) is 14.4. The molecule has 0 spiro atoms. The van der Waals surface area contributed by atoms with E-state index in [0.717, 1.165) is 45.1 Å². The second-order valence-corrected chi connectivity index (χ2v) is 10.9. The summed E-state index contributed by atoms with van der Waals surface area (Å²) in [7, 11) is 0. The van der Waals surface area contributed by atoms with Gasteiger partial charge in [0, 0.05) is 33.3 Å². The van der Waals surface area contributed by atoms with Crippen molar-refractivity contribution in [2.75, 3.05) is 0 Å². The van der Waals surface area contributed by atoms with Gasteiger partial charge < -0.3 is 14.6 Å². The fourth-order valence-corrected chi connectivity index (χ4v) is 6.43. The first-order valence-corrected chi connectivity index (χ1v) is 14.4. The normalized spacial score (nSPS) is 17.2. The summed E-state index contributed by atoms with van der Waals surface area (Å²) in [6.07, 6.45) is -0.423. The summed E-state index contributed by atoms with van der Waals surface area (Å²) >= 11 is 0. The van der Waals surface area contributed by atoms with Gasteiger partial charge >= 0.3 is 0 Å². The molecular formula is C37H30N4O. The molecule has 5 aromatic carbocycles. The van der Waals surface area contributed by atoms with Gasteiger partial charge in [0.2, 0.25) is 0 Å². The van der Waals surface area contributed by atoms with Gasteiger partial charge in [-0.3, -0.25) is 5.32 Å². The molecule has 204 valence electrons. The van der Waals surface area contributed by atoms with E-state index in [0.29, 0.717) is 0 Å². The Morgan fingerprint density at radius 3 is 2.07 bits per heavy atom. The van der Waals surface area contributed by atoms with E-state index in [-0.39, 0.29) is 12.5 Å². The van der Waals surface area contributed by atoms with Crippen molar-refractivity contribution in [3.8, 4) is 33.8 Å². The van der Waals surface area contributed by atoms with Crippen LogP contribution < -0.4 is 15.4 Å². The van der Waals surface area contributed by atoms with Gasteiger partial charge in [-0.2, -0.15) is 0 Å². The molecule has 0 fully saturated rings. The van der Waals surface area contributed by atoms with Crippen molar-refractivity contribution in [3.05, 3.63) is 144 Å². The minimum absolute atomic E-state index is 0.108. The monoisotopic (exact) mass is 546 g/mol. The second kappa shape index (κ2) is 9.75. The number of aliphatic imine (C=N–C) groups is 1. The molecule has 5 nitrogen and oxygen atoms in total. The summed E-state index contributed by atoms with van der Waals surface area (Å²) in [5.74, 6) is 2.61. The third kappa shape index (κ3) is 3.85. The van der Waals surface area contributed by atoms with Crippen LogP contribution in [0.5, 0.6) is 11.5 Å². The van der Waals surface area contributed by atoms with Crippen LogP contribution in [0.1, 0.15) is 34.8 Å². The number of aromatic nitrogens is 1. The van der Waals surface area contributed by atoms with Crippen molar-refractivity contribution >= 4 is 16.7 Å². The van der Waals surface area contributed by atoms with Gasteiger partial charge in [-0.15, -0.1) is 0 Å². The number of rotatable bonds is 3. The average molecular weight is 547 g/mol. The Labute approximate surface area is 245 Å². The zero-order valence-electron chi connectivity index (χ0n) is 23.5. The summed E-state index contributed by atoms with van der Waals surface area (Å²) in [4.78, 5) is 5.27. The molecule has 0 saturated heterocycles. The zero-order valence-corrected chi connectivity index (χ0v) is 23.5. The number of hydrogen-bond donors (Lipinski definition) is 2. The molecular weight excluding hydrogens is 516 g/mol. The van der Waals surface area contributed by atoms with Crippen LogP contribution in [-0.2, 0) is 0 Å². The van der Waals surface area contributed by atoms with Gasteiger partial charge in [0.1, 0.15) is 23.5 Å². The van der Waals surface area contributed by atoms with Crippen molar-refractivity contribution in [3.63, 3.8) is 0 Å². The highest BCUT2D eigenvalue weighted by Crippen LogP contribution is 2.50. The van der Waals surface area contributed by atoms with Crippen molar-refractivity contribution in [2.24, 2.45) is 4.99 Å². The number of nitrogens with one attached hydrogen (secondary N) is 2. The average Bonchev–Trinajstić information content (AvgIpc) is 3.21. The Kier molecular flexibility index (Phi) is 5.72. The molecule has 0 bridgehead atoms. The van der Waals surface area contributed by atoms with E-state index in [9.17, 15) is 0 Å². The van der Waals surface area contributed by atoms with Gasteiger partial charge in [0.25, 0.3) is 0 Å². The molecule has 0 radical (unpaired) electrons.